The third-order valence-electron chi connectivity index (χ3n) is 4.99. The molecule has 0 unspecified atom stereocenters. The van der Waals surface area contributed by atoms with Crippen LogP contribution in [0, 0.1) is 6.92 Å². The van der Waals surface area contributed by atoms with Crippen molar-refractivity contribution in [3.8, 4) is 5.75 Å². The second kappa shape index (κ2) is 9.64. The Kier molecular flexibility index (Phi) is 7.18. The molecule has 1 fully saturated rings. The zero-order valence-corrected chi connectivity index (χ0v) is 18.6. The van der Waals surface area contributed by atoms with Crippen LogP contribution >= 0.6 is 11.6 Å². The van der Waals surface area contributed by atoms with Crippen molar-refractivity contribution in [1.29, 1.82) is 0 Å². The van der Waals surface area contributed by atoms with Gasteiger partial charge in [-0.25, -0.2) is 8.42 Å². The Bertz CT molecular complexity index is 1060. The standard InChI is InChI=1S/C22H25ClN2O4S/c1-16-14-18(23)8-9-19(16)24-22(26)11-7-17-6-10-20(29-2)21(15-17)30(27,28)25-12-4-3-5-13-25/h6-11,14-15H,3-5,12-13H2,1-2H3,(H,24,26)/b11-7+. The van der Waals surface area contributed by atoms with Gasteiger partial charge in [0.15, 0.2) is 0 Å². The van der Waals surface area contributed by atoms with Crippen LogP contribution < -0.4 is 10.1 Å². The van der Waals surface area contributed by atoms with Crippen molar-refractivity contribution < 1.29 is 17.9 Å². The van der Waals surface area contributed by atoms with Crippen molar-refractivity contribution in [2.24, 2.45) is 0 Å². The SMILES string of the molecule is COc1ccc(/C=C/C(=O)Nc2ccc(Cl)cc2C)cc1S(=O)(=O)N1CCCCC1. The summed E-state index contributed by atoms with van der Waals surface area (Å²) < 4.78 is 33.0. The van der Waals surface area contributed by atoms with Crippen molar-refractivity contribution in [3.05, 3.63) is 58.6 Å². The summed E-state index contributed by atoms with van der Waals surface area (Å²) in [5.74, 6) is -0.0318. The van der Waals surface area contributed by atoms with Gasteiger partial charge in [0.25, 0.3) is 0 Å². The number of carbonyl (C=O) groups is 1. The third-order valence-corrected chi connectivity index (χ3v) is 7.15. The van der Waals surface area contributed by atoms with Gasteiger partial charge < -0.3 is 10.1 Å². The van der Waals surface area contributed by atoms with Crippen molar-refractivity contribution in [2.75, 3.05) is 25.5 Å². The first-order valence-corrected chi connectivity index (χ1v) is 11.6. The molecule has 0 atom stereocenters. The molecule has 0 bridgehead atoms. The molecule has 3 rings (SSSR count). The Morgan fingerprint density at radius 1 is 1.13 bits per heavy atom. The topological polar surface area (TPSA) is 75.7 Å². The Hall–Kier alpha value is -2.35. The van der Waals surface area contributed by atoms with Crippen LogP contribution in [-0.4, -0.2) is 38.8 Å². The molecule has 1 aliphatic rings. The zero-order valence-electron chi connectivity index (χ0n) is 17.0. The van der Waals surface area contributed by atoms with E-state index in [0.29, 0.717) is 35.1 Å². The lowest BCUT2D eigenvalue weighted by Crippen LogP contribution is -2.35. The molecule has 1 aliphatic heterocycles. The van der Waals surface area contributed by atoms with Crippen LogP contribution in [0.5, 0.6) is 5.75 Å². The van der Waals surface area contributed by atoms with Crippen LogP contribution in [0.3, 0.4) is 0 Å². The molecule has 0 aliphatic carbocycles. The summed E-state index contributed by atoms with van der Waals surface area (Å²) in [6, 6.07) is 10.1. The number of halogens is 1. The fraction of sp³-hybridized carbons (Fsp3) is 0.318. The van der Waals surface area contributed by atoms with Crippen molar-refractivity contribution in [3.63, 3.8) is 0 Å². The molecule has 0 saturated carbocycles. The molecule has 160 valence electrons. The number of nitrogens with one attached hydrogen (secondary N) is 1. The molecule has 1 saturated heterocycles. The first-order chi connectivity index (χ1) is 14.3. The first kappa shape index (κ1) is 22.3. The van der Waals surface area contributed by atoms with Gasteiger partial charge in [-0.1, -0.05) is 24.1 Å². The predicted molar refractivity (Wildman–Crippen MR) is 119 cm³/mol. The smallest absolute Gasteiger partial charge is 0.248 e. The van der Waals surface area contributed by atoms with E-state index in [1.165, 1.54) is 17.5 Å². The number of hydrogen-bond acceptors (Lipinski definition) is 4. The minimum absolute atomic E-state index is 0.114. The van der Waals surface area contributed by atoms with E-state index in [4.69, 9.17) is 16.3 Å². The molecular formula is C22H25ClN2O4S. The molecule has 0 radical (unpaired) electrons. The lowest BCUT2D eigenvalue weighted by Gasteiger charge is -2.26. The molecule has 0 aromatic heterocycles. The van der Waals surface area contributed by atoms with Crippen LogP contribution in [0.15, 0.2) is 47.4 Å². The van der Waals surface area contributed by atoms with E-state index >= 15 is 0 Å². The minimum atomic E-state index is -3.66. The molecule has 1 N–H and O–H groups in total. The first-order valence-electron chi connectivity index (χ1n) is 9.74. The van der Waals surface area contributed by atoms with Crippen molar-refractivity contribution in [2.45, 2.75) is 31.1 Å². The molecule has 8 heteroatoms. The highest BCUT2D eigenvalue weighted by Crippen LogP contribution is 2.30. The van der Waals surface area contributed by atoms with Crippen molar-refractivity contribution in [1.82, 2.24) is 4.31 Å². The summed E-state index contributed by atoms with van der Waals surface area (Å²) in [7, 11) is -2.22. The van der Waals surface area contributed by atoms with Crippen LogP contribution in [0.1, 0.15) is 30.4 Å². The number of aryl methyl sites for hydroxylation is 1. The number of benzene rings is 2. The van der Waals surface area contributed by atoms with Gasteiger partial charge in [-0.3, -0.25) is 4.79 Å². The minimum Gasteiger partial charge on any atom is -0.495 e. The van der Waals surface area contributed by atoms with E-state index in [2.05, 4.69) is 5.32 Å². The third kappa shape index (κ3) is 5.22. The van der Waals surface area contributed by atoms with Gasteiger partial charge in [0.05, 0.1) is 7.11 Å². The number of rotatable bonds is 6. The van der Waals surface area contributed by atoms with Crippen LogP contribution in [0.25, 0.3) is 6.08 Å². The van der Waals surface area contributed by atoms with Gasteiger partial charge in [-0.15, -0.1) is 0 Å². The van der Waals surface area contributed by atoms with Gasteiger partial charge in [0.2, 0.25) is 15.9 Å². The largest absolute Gasteiger partial charge is 0.495 e. The predicted octanol–water partition coefficient (Wildman–Crippen LogP) is 4.48. The van der Waals surface area contributed by atoms with Gasteiger partial charge in [-0.05, 0) is 67.3 Å². The highest BCUT2D eigenvalue weighted by Gasteiger charge is 2.29. The number of ether oxygens (including phenoxy) is 1. The lowest BCUT2D eigenvalue weighted by molar-refractivity contribution is -0.111. The highest BCUT2D eigenvalue weighted by molar-refractivity contribution is 7.89. The molecule has 2 aromatic carbocycles. The summed E-state index contributed by atoms with van der Waals surface area (Å²) in [6.45, 7) is 2.87. The second-order valence-corrected chi connectivity index (χ2v) is 9.50. The number of nitrogens with zero attached hydrogens (tertiary/aromatic N) is 1. The second-order valence-electron chi connectivity index (χ2n) is 7.16. The number of anilines is 1. The summed E-state index contributed by atoms with van der Waals surface area (Å²) in [4.78, 5) is 12.4. The molecule has 1 amide bonds. The average Bonchev–Trinajstić information content (AvgIpc) is 2.74. The molecule has 1 heterocycles. The normalized spacial score (nSPS) is 15.3. The Balaban J connectivity index is 1.81. The van der Waals surface area contributed by atoms with Crippen LogP contribution in [-0.2, 0) is 14.8 Å². The monoisotopic (exact) mass is 448 g/mol. The van der Waals surface area contributed by atoms with E-state index in [9.17, 15) is 13.2 Å². The Morgan fingerprint density at radius 3 is 2.53 bits per heavy atom. The van der Waals surface area contributed by atoms with E-state index in [1.807, 2.05) is 6.92 Å². The maximum Gasteiger partial charge on any atom is 0.248 e. The van der Waals surface area contributed by atoms with E-state index in [-0.39, 0.29) is 10.8 Å². The number of piperidine rings is 1. The van der Waals surface area contributed by atoms with E-state index in [1.54, 1.807) is 42.5 Å². The molecular weight excluding hydrogens is 424 g/mol. The van der Waals surface area contributed by atoms with E-state index in [0.717, 1.165) is 24.8 Å². The van der Waals surface area contributed by atoms with Gasteiger partial charge in [0.1, 0.15) is 10.6 Å². The number of carbonyl (C=O) groups excluding carboxylic acids is 1. The maximum atomic E-state index is 13.1. The Labute approximate surface area is 182 Å². The maximum absolute atomic E-state index is 13.1. The number of hydrogen-bond donors (Lipinski definition) is 1. The lowest BCUT2D eigenvalue weighted by atomic mass is 10.2. The summed E-state index contributed by atoms with van der Waals surface area (Å²) in [5, 5.41) is 3.39. The fourth-order valence-electron chi connectivity index (χ4n) is 3.36. The number of methoxy groups -OCH3 is 1. The average molecular weight is 449 g/mol. The molecule has 6 nitrogen and oxygen atoms in total. The molecule has 30 heavy (non-hydrogen) atoms. The summed E-state index contributed by atoms with van der Waals surface area (Å²) >= 11 is 5.94. The van der Waals surface area contributed by atoms with Crippen LogP contribution in [0.2, 0.25) is 5.02 Å². The summed E-state index contributed by atoms with van der Waals surface area (Å²) in [6.07, 6.45) is 5.69. The van der Waals surface area contributed by atoms with Gasteiger partial charge in [-0.2, -0.15) is 4.31 Å². The zero-order chi connectivity index (χ0) is 21.7. The quantitative estimate of drug-likeness (QED) is 0.661. The van der Waals surface area contributed by atoms with Gasteiger partial charge in [0, 0.05) is 29.9 Å². The highest BCUT2D eigenvalue weighted by atomic mass is 35.5. The fourth-order valence-corrected chi connectivity index (χ4v) is 5.29. The molecule has 0 spiro atoms. The molecule has 2 aromatic rings. The van der Waals surface area contributed by atoms with E-state index < -0.39 is 10.0 Å². The number of amides is 1. The van der Waals surface area contributed by atoms with Gasteiger partial charge >= 0.3 is 0 Å². The summed E-state index contributed by atoms with van der Waals surface area (Å²) in [5.41, 5.74) is 2.11. The number of sulfonamides is 1. The Morgan fingerprint density at radius 2 is 1.87 bits per heavy atom. The van der Waals surface area contributed by atoms with Crippen molar-refractivity contribution >= 4 is 39.3 Å². The van der Waals surface area contributed by atoms with Crippen LogP contribution in [0.4, 0.5) is 5.69 Å².